The molecule has 6 nitrogen and oxygen atoms in total. The highest BCUT2D eigenvalue weighted by Gasteiger charge is 2.61. The Balaban J connectivity index is 1.83. The molecule has 29 heavy (non-hydrogen) atoms. The molecule has 0 aromatic heterocycles. The first-order chi connectivity index (χ1) is 13.4. The number of rotatable bonds is 0. The highest BCUT2D eigenvalue weighted by molar-refractivity contribution is 5.02. The highest BCUT2D eigenvalue weighted by Crippen LogP contribution is 2.41. The fraction of sp³-hybridized carbons (Fsp3) is 1.00. The molecule has 0 aromatic carbocycles. The van der Waals surface area contributed by atoms with Crippen molar-refractivity contribution >= 4 is 0 Å². The predicted molar refractivity (Wildman–Crippen MR) is 91.1 cm³/mol. The number of nitrogens with two attached hydrogens (primary N) is 1. The van der Waals surface area contributed by atoms with Gasteiger partial charge in [0.1, 0.15) is 6.23 Å². The summed E-state index contributed by atoms with van der Waals surface area (Å²) in [4.78, 5) is 0. The predicted octanol–water partition coefficient (Wildman–Crippen LogP) is 2.04. The van der Waals surface area contributed by atoms with E-state index in [1.807, 2.05) is 0 Å². The average molecular weight is 434 g/mol. The van der Waals surface area contributed by atoms with Crippen molar-refractivity contribution in [2.45, 2.75) is 99.9 Å². The second-order valence-corrected chi connectivity index (χ2v) is 8.30. The van der Waals surface area contributed by atoms with E-state index in [1.54, 1.807) is 0 Å². The summed E-state index contributed by atoms with van der Waals surface area (Å²) in [7, 11) is 0. The molecule has 0 saturated carbocycles. The van der Waals surface area contributed by atoms with Crippen molar-refractivity contribution in [3.8, 4) is 0 Å². The van der Waals surface area contributed by atoms with Crippen LogP contribution >= 0.6 is 0 Å². The molecule has 170 valence electrons. The lowest BCUT2D eigenvalue weighted by atomic mass is 9.81. The molecule has 3 rings (SSSR count). The lowest BCUT2D eigenvalue weighted by Crippen LogP contribution is -2.66. The smallest absolute Gasteiger partial charge is 0.377 e. The molecule has 6 unspecified atom stereocenters. The topological polar surface area (TPSA) is 91.6 Å². The molecule has 3 heterocycles. The van der Waals surface area contributed by atoms with Crippen LogP contribution in [0.2, 0.25) is 0 Å². The molecule has 3 aliphatic rings. The first-order valence-corrected chi connectivity index (χ1v) is 9.97. The average Bonchev–Trinajstić information content (AvgIpc) is 3.09. The molecule has 12 heteroatoms. The van der Waals surface area contributed by atoms with Gasteiger partial charge in [-0.15, -0.1) is 0 Å². The van der Waals surface area contributed by atoms with Crippen LogP contribution in [-0.2, 0) is 4.74 Å². The molecule has 0 radical (unpaired) electrons. The summed E-state index contributed by atoms with van der Waals surface area (Å²) in [6.45, 7) is 0. The number of hydrogen-bond donors (Lipinski definition) is 5. The van der Waals surface area contributed by atoms with Crippen LogP contribution in [0.1, 0.15) is 51.4 Å². The van der Waals surface area contributed by atoms with Crippen LogP contribution in [0.5, 0.6) is 0 Å². The second-order valence-electron chi connectivity index (χ2n) is 8.30. The fourth-order valence-corrected chi connectivity index (χ4v) is 4.54. The van der Waals surface area contributed by atoms with Crippen molar-refractivity contribution in [2.75, 3.05) is 0 Å². The third-order valence-corrected chi connectivity index (χ3v) is 6.26. The fourth-order valence-electron chi connectivity index (χ4n) is 4.54. The maximum absolute atomic E-state index is 13.6. The van der Waals surface area contributed by atoms with Gasteiger partial charge in [-0.3, -0.25) is 0 Å². The molecule has 0 amide bonds. The zero-order valence-corrected chi connectivity index (χ0v) is 15.8. The summed E-state index contributed by atoms with van der Waals surface area (Å²) in [5.74, 6) is -1.63. The molecule has 0 aliphatic carbocycles. The first kappa shape index (κ1) is 23.0. The molecular weight excluding hydrogens is 406 g/mol. The van der Waals surface area contributed by atoms with E-state index in [1.165, 1.54) is 0 Å². The summed E-state index contributed by atoms with van der Waals surface area (Å²) in [5.41, 5.74) is 7.70. The monoisotopic (exact) mass is 434 g/mol. The van der Waals surface area contributed by atoms with Crippen LogP contribution in [0, 0.1) is 5.92 Å². The molecule has 6 N–H and O–H groups in total. The Hall–Kier alpha value is -0.660. The van der Waals surface area contributed by atoms with Crippen molar-refractivity contribution in [2.24, 2.45) is 11.7 Å². The third kappa shape index (κ3) is 4.82. The van der Waals surface area contributed by atoms with E-state index >= 15 is 0 Å². The number of fused-ring (bicyclic) bond motifs is 5. The maximum Gasteiger partial charge on any atom is 0.421 e. The van der Waals surface area contributed by atoms with E-state index in [9.17, 15) is 31.4 Å². The molecule has 3 aliphatic heterocycles. The van der Waals surface area contributed by atoms with Crippen molar-refractivity contribution in [3.05, 3.63) is 0 Å². The van der Waals surface area contributed by atoms with Gasteiger partial charge in [0, 0.05) is 12.1 Å². The van der Waals surface area contributed by atoms with Crippen LogP contribution in [0.4, 0.5) is 26.3 Å². The third-order valence-electron chi connectivity index (χ3n) is 6.26. The molecule has 4 bridgehead atoms. The minimum atomic E-state index is -4.94. The Bertz CT molecular complexity index is 563. The Morgan fingerprint density at radius 3 is 2.28 bits per heavy atom. The van der Waals surface area contributed by atoms with E-state index in [4.69, 9.17) is 10.5 Å². The Labute approximate surface area is 164 Å². The maximum atomic E-state index is 13.6. The minimum Gasteiger partial charge on any atom is -0.377 e. The summed E-state index contributed by atoms with van der Waals surface area (Å²) in [5, 5.41) is 13.3. The zero-order chi connectivity index (χ0) is 21.4. The highest BCUT2D eigenvalue weighted by atomic mass is 19.4. The largest absolute Gasteiger partial charge is 0.421 e. The van der Waals surface area contributed by atoms with Crippen molar-refractivity contribution in [1.29, 1.82) is 0 Å². The second kappa shape index (κ2) is 8.46. The van der Waals surface area contributed by atoms with E-state index in [2.05, 4.69) is 16.2 Å². The van der Waals surface area contributed by atoms with E-state index in [-0.39, 0.29) is 12.8 Å². The summed E-state index contributed by atoms with van der Waals surface area (Å²) < 4.78 is 86.7. The number of alkyl halides is 6. The molecule has 7 atom stereocenters. The molecule has 0 spiro atoms. The zero-order valence-electron chi connectivity index (χ0n) is 15.8. The lowest BCUT2D eigenvalue weighted by Gasteiger charge is -2.44. The van der Waals surface area contributed by atoms with Crippen LogP contribution in [0.15, 0.2) is 0 Å². The van der Waals surface area contributed by atoms with Crippen molar-refractivity contribution in [1.82, 2.24) is 16.2 Å². The molecular formula is C17H28F6N4O2. The number of hydrogen-bond acceptors (Lipinski definition) is 6. The van der Waals surface area contributed by atoms with Gasteiger partial charge in [-0.2, -0.15) is 26.3 Å². The van der Waals surface area contributed by atoms with Gasteiger partial charge in [-0.1, -0.05) is 32.1 Å². The van der Waals surface area contributed by atoms with Gasteiger partial charge < -0.3 is 20.9 Å². The summed E-state index contributed by atoms with van der Waals surface area (Å²) in [6.07, 6.45) is -10.6. The van der Waals surface area contributed by atoms with Gasteiger partial charge in [0.2, 0.25) is 5.60 Å². The number of halogens is 6. The number of aliphatic hydroxyl groups is 1. The minimum absolute atomic E-state index is 0.123. The van der Waals surface area contributed by atoms with E-state index in [0.29, 0.717) is 32.1 Å². The molecule has 0 aromatic rings. The Kier molecular flexibility index (Phi) is 6.72. The number of ether oxygens (including phenoxy) is 1. The summed E-state index contributed by atoms with van der Waals surface area (Å²) >= 11 is 0. The molecule has 3 fully saturated rings. The Morgan fingerprint density at radius 1 is 0.966 bits per heavy atom. The summed E-state index contributed by atoms with van der Waals surface area (Å²) in [6, 6.07) is -2.71. The standard InChI is InChI=1S/C17H28F6N4O2/c18-16(19,20)9-8-10(24)12-13-26-27-14(29-13)15(28,17(21,22)23)7-5-3-1-2-4-6-11(9)25-12/h9-14,25-28H,1-8,24H2/t9?,10?,11?,12?,13?,14?,15-/m0/s1. The number of hydrazine groups is 1. The van der Waals surface area contributed by atoms with Crippen molar-refractivity contribution < 1.29 is 36.2 Å². The van der Waals surface area contributed by atoms with Crippen LogP contribution in [-0.4, -0.2) is 53.6 Å². The van der Waals surface area contributed by atoms with Gasteiger partial charge in [-0.05, 0) is 19.3 Å². The van der Waals surface area contributed by atoms with Gasteiger partial charge in [0.25, 0.3) is 0 Å². The van der Waals surface area contributed by atoms with Gasteiger partial charge in [0.15, 0.2) is 6.23 Å². The van der Waals surface area contributed by atoms with Crippen molar-refractivity contribution in [3.63, 3.8) is 0 Å². The van der Waals surface area contributed by atoms with Crippen LogP contribution in [0.25, 0.3) is 0 Å². The Morgan fingerprint density at radius 2 is 1.62 bits per heavy atom. The quantitative estimate of drug-likeness (QED) is 0.375. The normalized spacial score (nSPS) is 43.0. The van der Waals surface area contributed by atoms with Crippen LogP contribution < -0.4 is 21.9 Å². The van der Waals surface area contributed by atoms with E-state index < -0.39 is 60.9 Å². The SMILES string of the molecule is NC1CC(C(F)(F)F)C2CCCCCCC[C@@](O)(C(F)(F)F)C3NNC(O3)C1N2. The number of nitrogens with one attached hydrogen (secondary N) is 3. The number of piperidine rings is 1. The van der Waals surface area contributed by atoms with Gasteiger partial charge in [-0.25, -0.2) is 10.9 Å². The first-order valence-electron chi connectivity index (χ1n) is 9.97. The molecule has 3 saturated heterocycles. The van der Waals surface area contributed by atoms with Crippen LogP contribution in [0.3, 0.4) is 0 Å². The van der Waals surface area contributed by atoms with E-state index in [0.717, 1.165) is 0 Å². The van der Waals surface area contributed by atoms with Gasteiger partial charge >= 0.3 is 12.4 Å². The van der Waals surface area contributed by atoms with Gasteiger partial charge in [0.05, 0.1) is 12.0 Å². The lowest BCUT2D eigenvalue weighted by molar-refractivity contribution is -0.300.